The van der Waals surface area contributed by atoms with Crippen molar-refractivity contribution >= 4 is 16.1 Å². The van der Waals surface area contributed by atoms with Gasteiger partial charge in [0.05, 0.1) is 0 Å². The van der Waals surface area contributed by atoms with Crippen LogP contribution < -0.4 is 9.46 Å². The summed E-state index contributed by atoms with van der Waals surface area (Å²) in [5, 5.41) is 3.39. The lowest BCUT2D eigenvalue weighted by Crippen LogP contribution is -2.35. The summed E-state index contributed by atoms with van der Waals surface area (Å²) in [6.45, 7) is 0. The number of carbonyl (C=O) groups excluding carboxylic acids is 1. The monoisotopic (exact) mass is 336 g/mol. The van der Waals surface area contributed by atoms with Gasteiger partial charge in [-0.1, -0.05) is 12.1 Å². The molecule has 0 bridgehead atoms. The number of nitrogens with zero attached hydrogens (tertiary/aromatic N) is 3. The van der Waals surface area contributed by atoms with E-state index in [2.05, 4.69) is 14.8 Å². The highest BCUT2D eigenvalue weighted by Crippen LogP contribution is 2.29. The molecule has 0 unspecified atom stereocenters. The SMILES string of the molecule is O=C(NS(=O)(=O)c1ccccc1OC(F)(F)F)n1cncn1. The summed E-state index contributed by atoms with van der Waals surface area (Å²) in [5.41, 5.74) is 0. The fourth-order valence-corrected chi connectivity index (χ4v) is 2.48. The number of rotatable bonds is 3. The van der Waals surface area contributed by atoms with Crippen LogP contribution in [0.4, 0.5) is 18.0 Å². The quantitative estimate of drug-likeness (QED) is 0.901. The number of nitrogens with one attached hydrogen (secondary N) is 1. The maximum absolute atomic E-state index is 12.3. The molecule has 1 aromatic carbocycles. The fraction of sp³-hybridized carbons (Fsp3) is 0.100. The number of hydrogen-bond acceptors (Lipinski definition) is 6. The van der Waals surface area contributed by atoms with Gasteiger partial charge >= 0.3 is 12.4 Å². The minimum atomic E-state index is -5.08. The maximum atomic E-state index is 12.3. The van der Waals surface area contributed by atoms with Crippen LogP contribution in [-0.4, -0.2) is 35.6 Å². The third-order valence-electron chi connectivity index (χ3n) is 2.21. The molecule has 2 rings (SSSR count). The van der Waals surface area contributed by atoms with Crippen LogP contribution in [0.3, 0.4) is 0 Å². The van der Waals surface area contributed by atoms with Crippen molar-refractivity contribution in [1.29, 1.82) is 0 Å². The average molecular weight is 336 g/mol. The molecule has 0 radical (unpaired) electrons. The lowest BCUT2D eigenvalue weighted by molar-refractivity contribution is -0.275. The second-order valence-corrected chi connectivity index (χ2v) is 5.40. The van der Waals surface area contributed by atoms with E-state index < -0.39 is 33.1 Å². The Labute approximate surface area is 121 Å². The van der Waals surface area contributed by atoms with Gasteiger partial charge in [-0.15, -0.1) is 13.2 Å². The molecule has 22 heavy (non-hydrogen) atoms. The molecule has 2 aromatic rings. The van der Waals surface area contributed by atoms with Crippen LogP contribution in [0.5, 0.6) is 5.75 Å². The molecule has 0 saturated heterocycles. The summed E-state index contributed by atoms with van der Waals surface area (Å²) in [6.07, 6.45) is -3.18. The molecule has 12 heteroatoms. The standard InChI is InChI=1S/C10H7F3N4O4S/c11-10(12,13)21-7-3-1-2-4-8(7)22(19,20)16-9(18)17-6-14-5-15-17/h1-6H,(H,16,18). The molecule has 8 nitrogen and oxygen atoms in total. The van der Waals surface area contributed by atoms with E-state index in [0.29, 0.717) is 4.68 Å². The van der Waals surface area contributed by atoms with Crippen molar-refractivity contribution in [3.05, 3.63) is 36.9 Å². The van der Waals surface area contributed by atoms with Crippen molar-refractivity contribution in [3.8, 4) is 5.75 Å². The van der Waals surface area contributed by atoms with Gasteiger partial charge in [0.25, 0.3) is 10.0 Å². The van der Waals surface area contributed by atoms with Crippen molar-refractivity contribution in [2.45, 2.75) is 11.3 Å². The second-order valence-electron chi connectivity index (χ2n) is 3.75. The Balaban J connectivity index is 2.32. The molecule has 0 fully saturated rings. The zero-order chi connectivity index (χ0) is 16.4. The third kappa shape index (κ3) is 3.72. The third-order valence-corrected chi connectivity index (χ3v) is 3.57. The largest absolute Gasteiger partial charge is 0.573 e. The second kappa shape index (κ2) is 5.63. The zero-order valence-corrected chi connectivity index (χ0v) is 11.3. The highest BCUT2D eigenvalue weighted by Gasteiger charge is 2.34. The van der Waals surface area contributed by atoms with Gasteiger partial charge in [-0.2, -0.15) is 9.78 Å². The Kier molecular flexibility index (Phi) is 4.03. The highest BCUT2D eigenvalue weighted by atomic mass is 32.2. The summed E-state index contributed by atoms with van der Waals surface area (Å²) in [5.74, 6) is -0.964. The lowest BCUT2D eigenvalue weighted by Gasteiger charge is -2.13. The van der Waals surface area contributed by atoms with E-state index in [1.54, 1.807) is 4.72 Å². The molecule has 1 heterocycles. The lowest BCUT2D eigenvalue weighted by atomic mass is 10.3. The number of aromatic nitrogens is 3. The van der Waals surface area contributed by atoms with Crippen LogP contribution >= 0.6 is 0 Å². The highest BCUT2D eigenvalue weighted by molar-refractivity contribution is 7.90. The van der Waals surface area contributed by atoms with E-state index >= 15 is 0 Å². The van der Waals surface area contributed by atoms with Gasteiger partial charge in [-0.05, 0) is 12.1 Å². The van der Waals surface area contributed by atoms with Gasteiger partial charge < -0.3 is 4.74 Å². The summed E-state index contributed by atoms with van der Waals surface area (Å²) in [4.78, 5) is 14.2. The van der Waals surface area contributed by atoms with Crippen molar-refractivity contribution in [3.63, 3.8) is 0 Å². The van der Waals surface area contributed by atoms with Gasteiger partial charge in [0.2, 0.25) is 0 Å². The number of ether oxygens (including phenoxy) is 1. The van der Waals surface area contributed by atoms with Crippen molar-refractivity contribution in [1.82, 2.24) is 19.5 Å². The molecule has 0 aliphatic carbocycles. The summed E-state index contributed by atoms with van der Waals surface area (Å²) < 4.78 is 66.5. The van der Waals surface area contributed by atoms with Gasteiger partial charge in [0.15, 0.2) is 0 Å². The fourth-order valence-electron chi connectivity index (χ4n) is 1.41. The van der Waals surface area contributed by atoms with Gasteiger partial charge in [0.1, 0.15) is 23.3 Å². The van der Waals surface area contributed by atoms with E-state index in [0.717, 1.165) is 30.9 Å². The molecule has 1 N–H and O–H groups in total. The number of halogens is 3. The van der Waals surface area contributed by atoms with Gasteiger partial charge in [-0.3, -0.25) is 0 Å². The molecule has 0 aliphatic rings. The molecular formula is C10H7F3N4O4S. The Morgan fingerprint density at radius 3 is 2.55 bits per heavy atom. The Morgan fingerprint density at radius 2 is 1.95 bits per heavy atom. The molecule has 118 valence electrons. The first-order valence-electron chi connectivity index (χ1n) is 5.45. The first-order valence-corrected chi connectivity index (χ1v) is 6.94. The predicted molar refractivity (Wildman–Crippen MR) is 64.3 cm³/mol. The van der Waals surface area contributed by atoms with Crippen molar-refractivity contribution in [2.24, 2.45) is 0 Å². The summed E-state index contributed by atoms with van der Waals surface area (Å²) in [6, 6.07) is 2.79. The number of amides is 1. The topological polar surface area (TPSA) is 103 Å². The predicted octanol–water partition coefficient (Wildman–Crippen LogP) is 1.12. The van der Waals surface area contributed by atoms with Crippen LogP contribution in [0.2, 0.25) is 0 Å². The number of para-hydroxylation sites is 1. The molecule has 0 atom stereocenters. The molecule has 0 spiro atoms. The number of benzene rings is 1. The molecular weight excluding hydrogens is 329 g/mol. The molecule has 1 amide bonds. The van der Waals surface area contributed by atoms with E-state index in [4.69, 9.17) is 0 Å². The summed E-state index contributed by atoms with van der Waals surface area (Å²) >= 11 is 0. The zero-order valence-electron chi connectivity index (χ0n) is 10.5. The van der Waals surface area contributed by atoms with E-state index in [-0.39, 0.29) is 0 Å². The Hall–Kier alpha value is -2.63. The van der Waals surface area contributed by atoms with Crippen molar-refractivity contribution < 1.29 is 31.1 Å². The van der Waals surface area contributed by atoms with Crippen LogP contribution in [0, 0.1) is 0 Å². The first-order chi connectivity index (χ1) is 10.2. The first kappa shape index (κ1) is 15.8. The van der Waals surface area contributed by atoms with Crippen molar-refractivity contribution in [2.75, 3.05) is 0 Å². The smallest absolute Gasteiger partial charge is 0.404 e. The van der Waals surface area contributed by atoms with Crippen LogP contribution in [-0.2, 0) is 10.0 Å². The minimum Gasteiger partial charge on any atom is -0.404 e. The summed E-state index contributed by atoms with van der Waals surface area (Å²) in [7, 11) is -4.60. The van der Waals surface area contributed by atoms with Gasteiger partial charge in [-0.25, -0.2) is 22.9 Å². The van der Waals surface area contributed by atoms with Gasteiger partial charge in [0, 0.05) is 0 Å². The Morgan fingerprint density at radius 1 is 1.27 bits per heavy atom. The van der Waals surface area contributed by atoms with Crippen LogP contribution in [0.25, 0.3) is 0 Å². The molecule has 1 aromatic heterocycles. The number of hydrogen-bond donors (Lipinski definition) is 1. The van der Waals surface area contributed by atoms with Crippen LogP contribution in [0.1, 0.15) is 0 Å². The van der Waals surface area contributed by atoms with Crippen LogP contribution in [0.15, 0.2) is 41.8 Å². The molecule has 0 aliphatic heterocycles. The van der Waals surface area contributed by atoms with E-state index in [9.17, 15) is 26.4 Å². The normalized spacial score (nSPS) is 12.0. The average Bonchev–Trinajstić information content (AvgIpc) is 2.90. The maximum Gasteiger partial charge on any atom is 0.573 e. The number of sulfonamides is 1. The number of carbonyl (C=O) groups is 1. The molecule has 0 saturated carbocycles. The minimum absolute atomic E-state index is 0.560. The van der Waals surface area contributed by atoms with E-state index in [1.165, 1.54) is 6.07 Å². The van der Waals surface area contributed by atoms with E-state index in [1.807, 2.05) is 0 Å². The number of alkyl halides is 3. The Bertz CT molecular complexity index is 774.